The van der Waals surface area contributed by atoms with Crippen molar-refractivity contribution < 1.29 is 18.7 Å². The number of amides is 1. The first kappa shape index (κ1) is 21.1. The molecule has 1 fully saturated rings. The summed E-state index contributed by atoms with van der Waals surface area (Å²) in [5, 5.41) is 0.771. The number of rotatable bonds is 2. The largest absolute Gasteiger partial charge is 0.479 e. The number of hydrogen-bond donors (Lipinski definition) is 0. The van der Waals surface area contributed by atoms with Crippen LogP contribution < -0.4 is 4.74 Å². The van der Waals surface area contributed by atoms with E-state index in [1.165, 1.54) is 7.11 Å². The first-order valence-electron chi connectivity index (χ1n) is 9.46. The van der Waals surface area contributed by atoms with Gasteiger partial charge in [0.1, 0.15) is 11.1 Å². The summed E-state index contributed by atoms with van der Waals surface area (Å²) in [5.41, 5.74) is 0.757. The van der Waals surface area contributed by atoms with E-state index in [0.717, 1.165) is 0 Å². The molecule has 0 radical (unpaired) electrons. The molecule has 10 heteroatoms. The second-order valence-corrected chi connectivity index (χ2v) is 9.42. The molecule has 0 saturated carbocycles. The summed E-state index contributed by atoms with van der Waals surface area (Å²) in [4.78, 5) is 22.9. The van der Waals surface area contributed by atoms with E-state index in [2.05, 4.69) is 25.9 Å². The highest BCUT2D eigenvalue weighted by molar-refractivity contribution is 9.10. The average Bonchev–Trinajstić information content (AvgIpc) is 3.31. The highest BCUT2D eigenvalue weighted by atomic mass is 79.9. The lowest BCUT2D eigenvalue weighted by molar-refractivity contribution is 0.0289. The standard InChI is InChI=1S/C20H21BrClFN4O3/c1-20(2,3)30-19(28)26-6-5-10(8-26)27-9-24-16-17(27)11-7-12(22)13(21)14(23)15(11)25-18(16)29-4/h7,9-10H,5-6,8H2,1-4H3. The van der Waals surface area contributed by atoms with Gasteiger partial charge in [-0.2, -0.15) is 0 Å². The predicted octanol–water partition coefficient (Wildman–Crippen LogP) is 5.33. The molecule has 7 nitrogen and oxygen atoms in total. The van der Waals surface area contributed by atoms with Gasteiger partial charge in [0.05, 0.1) is 34.5 Å². The number of pyridine rings is 1. The third-order valence-electron chi connectivity index (χ3n) is 5.00. The predicted molar refractivity (Wildman–Crippen MR) is 116 cm³/mol. The molecule has 3 aromatic rings. The molecule has 1 unspecified atom stereocenters. The molecule has 0 aliphatic carbocycles. The van der Waals surface area contributed by atoms with Crippen molar-refractivity contribution in [1.82, 2.24) is 19.4 Å². The number of nitrogens with zero attached hydrogens (tertiary/aromatic N) is 4. The van der Waals surface area contributed by atoms with Crippen LogP contribution in [0.2, 0.25) is 5.02 Å². The number of halogens is 3. The number of carbonyl (C=O) groups excluding carboxylic acids is 1. The maximum Gasteiger partial charge on any atom is 0.410 e. The Morgan fingerprint density at radius 1 is 1.37 bits per heavy atom. The molecule has 3 heterocycles. The van der Waals surface area contributed by atoms with Crippen molar-refractivity contribution in [2.24, 2.45) is 0 Å². The minimum atomic E-state index is -0.563. The molecule has 2 aromatic heterocycles. The molecule has 0 N–H and O–H groups in total. The van der Waals surface area contributed by atoms with Gasteiger partial charge in [-0.1, -0.05) is 11.6 Å². The van der Waals surface area contributed by atoms with Crippen molar-refractivity contribution in [2.75, 3.05) is 20.2 Å². The summed E-state index contributed by atoms with van der Waals surface area (Å²) in [5.74, 6) is -0.335. The molecule has 0 spiro atoms. The Labute approximate surface area is 186 Å². The summed E-state index contributed by atoms with van der Waals surface area (Å²) in [6.07, 6.45) is 2.03. The van der Waals surface area contributed by atoms with Gasteiger partial charge >= 0.3 is 6.09 Å². The number of benzene rings is 1. The molecule has 0 bridgehead atoms. The van der Waals surface area contributed by atoms with Crippen molar-refractivity contribution in [1.29, 1.82) is 0 Å². The maximum atomic E-state index is 14.9. The van der Waals surface area contributed by atoms with E-state index in [1.54, 1.807) is 17.3 Å². The zero-order valence-corrected chi connectivity index (χ0v) is 19.3. The van der Waals surface area contributed by atoms with E-state index in [9.17, 15) is 9.18 Å². The minimum absolute atomic E-state index is 0.0525. The summed E-state index contributed by atoms with van der Waals surface area (Å²) < 4.78 is 27.8. The van der Waals surface area contributed by atoms with E-state index in [0.29, 0.717) is 35.9 Å². The fraction of sp³-hybridized carbons (Fsp3) is 0.450. The molecule has 1 saturated heterocycles. The Morgan fingerprint density at radius 2 is 2.10 bits per heavy atom. The third-order valence-corrected chi connectivity index (χ3v) is 6.30. The van der Waals surface area contributed by atoms with Crippen LogP contribution in [-0.2, 0) is 4.74 Å². The van der Waals surface area contributed by atoms with Gasteiger partial charge in [0, 0.05) is 18.5 Å². The number of ether oxygens (including phenoxy) is 2. The van der Waals surface area contributed by atoms with E-state index in [1.807, 2.05) is 25.3 Å². The van der Waals surface area contributed by atoms with Gasteiger partial charge in [0.15, 0.2) is 11.3 Å². The van der Waals surface area contributed by atoms with Crippen LogP contribution in [0.5, 0.6) is 5.88 Å². The number of aromatic nitrogens is 3. The van der Waals surface area contributed by atoms with Crippen molar-refractivity contribution in [2.45, 2.75) is 38.8 Å². The zero-order valence-electron chi connectivity index (χ0n) is 17.0. The number of hydrogen-bond acceptors (Lipinski definition) is 5. The van der Waals surface area contributed by atoms with Gasteiger partial charge in [0.2, 0.25) is 5.88 Å². The lowest BCUT2D eigenvalue weighted by Gasteiger charge is -2.24. The second kappa shape index (κ2) is 7.53. The summed E-state index contributed by atoms with van der Waals surface area (Å²) in [7, 11) is 1.47. The molecular weight excluding hydrogens is 479 g/mol. The van der Waals surface area contributed by atoms with Crippen molar-refractivity contribution in [3.63, 3.8) is 0 Å². The van der Waals surface area contributed by atoms with Gasteiger partial charge in [-0.3, -0.25) is 0 Å². The van der Waals surface area contributed by atoms with Crippen molar-refractivity contribution >= 4 is 55.6 Å². The van der Waals surface area contributed by atoms with Gasteiger partial charge in [-0.25, -0.2) is 19.2 Å². The SMILES string of the molecule is COc1nc2c(F)c(Br)c(Cl)cc2c2c1ncn2C1CCN(C(=O)OC(C)(C)C)C1. The molecule has 30 heavy (non-hydrogen) atoms. The van der Waals surface area contributed by atoms with Crippen LogP contribution in [0.25, 0.3) is 21.9 Å². The van der Waals surface area contributed by atoms with Crippen LogP contribution in [0.1, 0.15) is 33.2 Å². The van der Waals surface area contributed by atoms with Crippen LogP contribution in [-0.4, -0.2) is 51.3 Å². The molecule has 1 aromatic carbocycles. The molecule has 160 valence electrons. The fourth-order valence-electron chi connectivity index (χ4n) is 3.69. The van der Waals surface area contributed by atoms with Crippen LogP contribution in [0.4, 0.5) is 9.18 Å². The lowest BCUT2D eigenvalue weighted by atomic mass is 10.1. The van der Waals surface area contributed by atoms with E-state index < -0.39 is 11.4 Å². The summed E-state index contributed by atoms with van der Waals surface area (Å²) in [6.45, 7) is 6.52. The Hall–Kier alpha value is -2.13. The fourth-order valence-corrected chi connectivity index (χ4v) is 4.19. The van der Waals surface area contributed by atoms with Crippen LogP contribution in [0, 0.1) is 5.82 Å². The van der Waals surface area contributed by atoms with Crippen LogP contribution in [0.15, 0.2) is 16.9 Å². The van der Waals surface area contributed by atoms with Crippen molar-refractivity contribution in [3.05, 3.63) is 27.7 Å². The number of fused-ring (bicyclic) bond motifs is 3. The minimum Gasteiger partial charge on any atom is -0.479 e. The summed E-state index contributed by atoms with van der Waals surface area (Å²) in [6, 6.07) is 1.61. The quantitative estimate of drug-likeness (QED) is 0.446. The van der Waals surface area contributed by atoms with Crippen LogP contribution >= 0.6 is 27.5 Å². The summed E-state index contributed by atoms with van der Waals surface area (Å²) >= 11 is 9.39. The highest BCUT2D eigenvalue weighted by Crippen LogP contribution is 2.39. The Kier molecular flexibility index (Phi) is 5.30. The lowest BCUT2D eigenvalue weighted by Crippen LogP contribution is -2.35. The molecule has 1 amide bonds. The molecular formula is C20H21BrClFN4O3. The van der Waals surface area contributed by atoms with Crippen molar-refractivity contribution in [3.8, 4) is 5.88 Å². The molecule has 4 rings (SSSR count). The Bertz CT molecular complexity index is 1160. The van der Waals surface area contributed by atoms with Gasteiger partial charge in [-0.15, -0.1) is 0 Å². The third kappa shape index (κ3) is 3.58. The number of imidazole rings is 1. The number of carbonyl (C=O) groups is 1. The van der Waals surface area contributed by atoms with E-state index >= 15 is 0 Å². The van der Waals surface area contributed by atoms with Gasteiger partial charge < -0.3 is 18.9 Å². The number of likely N-dealkylation sites (tertiary alicyclic amines) is 1. The second-order valence-electron chi connectivity index (χ2n) is 8.22. The monoisotopic (exact) mass is 498 g/mol. The molecule has 1 aliphatic rings. The Balaban J connectivity index is 1.80. The van der Waals surface area contributed by atoms with E-state index in [-0.39, 0.29) is 33.0 Å². The Morgan fingerprint density at radius 3 is 2.77 bits per heavy atom. The number of methoxy groups -OCH3 is 1. The van der Waals surface area contributed by atoms with E-state index in [4.69, 9.17) is 21.1 Å². The molecule has 1 atom stereocenters. The zero-order chi connectivity index (χ0) is 21.8. The highest BCUT2D eigenvalue weighted by Gasteiger charge is 2.32. The maximum absolute atomic E-state index is 14.9. The molecule has 1 aliphatic heterocycles. The first-order valence-corrected chi connectivity index (χ1v) is 10.6. The first-order chi connectivity index (χ1) is 14.1. The van der Waals surface area contributed by atoms with Gasteiger partial charge in [0.25, 0.3) is 0 Å². The van der Waals surface area contributed by atoms with Gasteiger partial charge in [-0.05, 0) is 49.2 Å². The topological polar surface area (TPSA) is 69.5 Å². The normalized spacial score (nSPS) is 17.2. The smallest absolute Gasteiger partial charge is 0.410 e. The average molecular weight is 500 g/mol. The van der Waals surface area contributed by atoms with Crippen LogP contribution in [0.3, 0.4) is 0 Å².